The molecule has 1 rings (SSSR count). The van der Waals surface area contributed by atoms with Crippen molar-refractivity contribution in [2.75, 3.05) is 46.9 Å². The van der Waals surface area contributed by atoms with E-state index in [0.717, 1.165) is 26.2 Å². The third-order valence-electron chi connectivity index (χ3n) is 2.83. The first kappa shape index (κ1) is 11.9. The van der Waals surface area contributed by atoms with Crippen molar-refractivity contribution in [2.24, 2.45) is 0 Å². The maximum atomic E-state index is 9.07. The minimum absolute atomic E-state index is 0.241. The van der Waals surface area contributed by atoms with Crippen LogP contribution in [0.2, 0.25) is 0 Å². The second kappa shape index (κ2) is 5.66. The molecule has 0 saturated carbocycles. The van der Waals surface area contributed by atoms with Gasteiger partial charge in [-0.1, -0.05) is 0 Å². The third kappa shape index (κ3) is 3.53. The van der Waals surface area contributed by atoms with Crippen LogP contribution in [0, 0.1) is 0 Å². The fraction of sp³-hybridized carbons (Fsp3) is 1.00. The lowest BCUT2D eigenvalue weighted by Gasteiger charge is -2.38. The van der Waals surface area contributed by atoms with Gasteiger partial charge in [0.05, 0.1) is 6.61 Å². The summed E-state index contributed by atoms with van der Waals surface area (Å²) in [4.78, 5) is 4.64. The van der Waals surface area contributed by atoms with Crippen LogP contribution in [0.15, 0.2) is 0 Å². The SMILES string of the molecule is CC1CNC(CO)CN1CCN(C)C. The van der Waals surface area contributed by atoms with E-state index in [1.54, 1.807) is 0 Å². The first-order valence-electron chi connectivity index (χ1n) is 5.36. The number of hydrogen-bond acceptors (Lipinski definition) is 4. The Morgan fingerprint density at radius 2 is 2.21 bits per heavy atom. The van der Waals surface area contributed by atoms with Crippen molar-refractivity contribution in [1.82, 2.24) is 15.1 Å². The van der Waals surface area contributed by atoms with Crippen LogP contribution in [0.25, 0.3) is 0 Å². The van der Waals surface area contributed by atoms with Crippen LogP contribution in [-0.2, 0) is 0 Å². The van der Waals surface area contributed by atoms with E-state index in [9.17, 15) is 0 Å². The number of likely N-dealkylation sites (N-methyl/N-ethyl adjacent to an activating group) is 1. The van der Waals surface area contributed by atoms with Gasteiger partial charge in [-0.15, -0.1) is 0 Å². The molecule has 1 aliphatic heterocycles. The number of aliphatic hydroxyl groups is 1. The summed E-state index contributed by atoms with van der Waals surface area (Å²) in [6.07, 6.45) is 0. The minimum Gasteiger partial charge on any atom is -0.395 e. The van der Waals surface area contributed by atoms with Gasteiger partial charge in [0.25, 0.3) is 0 Å². The molecule has 2 unspecified atom stereocenters. The normalized spacial score (nSPS) is 29.8. The van der Waals surface area contributed by atoms with Gasteiger partial charge < -0.3 is 15.3 Å². The van der Waals surface area contributed by atoms with Crippen LogP contribution < -0.4 is 5.32 Å². The molecule has 1 aliphatic rings. The second-order valence-corrected chi connectivity index (χ2v) is 4.43. The van der Waals surface area contributed by atoms with Crippen LogP contribution >= 0.6 is 0 Å². The topological polar surface area (TPSA) is 38.7 Å². The molecule has 0 bridgehead atoms. The minimum atomic E-state index is 0.241. The summed E-state index contributed by atoms with van der Waals surface area (Å²) < 4.78 is 0. The van der Waals surface area contributed by atoms with Gasteiger partial charge >= 0.3 is 0 Å². The Kier molecular flexibility index (Phi) is 4.81. The van der Waals surface area contributed by atoms with Crippen LogP contribution in [0.1, 0.15) is 6.92 Å². The van der Waals surface area contributed by atoms with E-state index in [1.807, 2.05) is 0 Å². The first-order valence-corrected chi connectivity index (χ1v) is 5.36. The lowest BCUT2D eigenvalue weighted by molar-refractivity contribution is 0.102. The Bertz CT molecular complexity index is 163. The highest BCUT2D eigenvalue weighted by atomic mass is 16.3. The highest BCUT2D eigenvalue weighted by Crippen LogP contribution is 2.05. The van der Waals surface area contributed by atoms with Crippen molar-refractivity contribution in [1.29, 1.82) is 0 Å². The Morgan fingerprint density at radius 1 is 1.50 bits per heavy atom. The molecule has 0 amide bonds. The zero-order valence-corrected chi connectivity index (χ0v) is 9.53. The van der Waals surface area contributed by atoms with Crippen molar-refractivity contribution < 1.29 is 5.11 Å². The third-order valence-corrected chi connectivity index (χ3v) is 2.83. The highest BCUT2D eigenvalue weighted by molar-refractivity contribution is 4.83. The summed E-state index contributed by atoms with van der Waals surface area (Å²) in [7, 11) is 4.19. The van der Waals surface area contributed by atoms with Gasteiger partial charge in [-0.25, -0.2) is 0 Å². The largest absolute Gasteiger partial charge is 0.395 e. The van der Waals surface area contributed by atoms with E-state index in [4.69, 9.17) is 5.11 Å². The molecule has 0 aromatic heterocycles. The maximum Gasteiger partial charge on any atom is 0.0597 e. The van der Waals surface area contributed by atoms with Gasteiger partial charge in [0.1, 0.15) is 0 Å². The van der Waals surface area contributed by atoms with Gasteiger partial charge in [-0.05, 0) is 21.0 Å². The molecule has 84 valence electrons. The number of hydrogen-bond donors (Lipinski definition) is 2. The van der Waals surface area contributed by atoms with Crippen molar-refractivity contribution >= 4 is 0 Å². The summed E-state index contributed by atoms with van der Waals surface area (Å²) in [6, 6.07) is 0.839. The molecule has 1 saturated heterocycles. The highest BCUT2D eigenvalue weighted by Gasteiger charge is 2.23. The average molecular weight is 201 g/mol. The fourth-order valence-electron chi connectivity index (χ4n) is 1.76. The molecule has 4 nitrogen and oxygen atoms in total. The Morgan fingerprint density at radius 3 is 2.79 bits per heavy atom. The van der Waals surface area contributed by atoms with Crippen LogP contribution in [-0.4, -0.2) is 73.9 Å². The van der Waals surface area contributed by atoms with Crippen LogP contribution in [0.4, 0.5) is 0 Å². The Hall–Kier alpha value is -0.160. The molecule has 1 fully saturated rings. The molecular weight excluding hydrogens is 178 g/mol. The summed E-state index contributed by atoms with van der Waals surface area (Å²) in [5, 5.41) is 12.4. The second-order valence-electron chi connectivity index (χ2n) is 4.43. The Balaban J connectivity index is 2.32. The summed E-state index contributed by atoms with van der Waals surface area (Å²) in [5.41, 5.74) is 0. The first-order chi connectivity index (χ1) is 6.63. The van der Waals surface area contributed by atoms with Gasteiger partial charge in [0.15, 0.2) is 0 Å². The summed E-state index contributed by atoms with van der Waals surface area (Å²) in [6.45, 7) is 6.60. The van der Waals surface area contributed by atoms with E-state index in [1.165, 1.54) is 0 Å². The van der Waals surface area contributed by atoms with E-state index < -0.39 is 0 Å². The predicted molar refractivity (Wildman–Crippen MR) is 58.5 cm³/mol. The molecule has 2 atom stereocenters. The van der Waals surface area contributed by atoms with Crippen LogP contribution in [0.5, 0.6) is 0 Å². The quantitative estimate of drug-likeness (QED) is 0.625. The van der Waals surface area contributed by atoms with Gasteiger partial charge in [-0.2, -0.15) is 0 Å². The lowest BCUT2D eigenvalue weighted by Crippen LogP contribution is -2.57. The fourth-order valence-corrected chi connectivity index (χ4v) is 1.76. The molecule has 0 aromatic rings. The van der Waals surface area contributed by atoms with Crippen molar-refractivity contribution in [3.63, 3.8) is 0 Å². The Labute approximate surface area is 86.9 Å². The van der Waals surface area contributed by atoms with E-state index in [-0.39, 0.29) is 12.6 Å². The number of nitrogens with one attached hydrogen (secondary N) is 1. The van der Waals surface area contributed by atoms with Crippen molar-refractivity contribution in [3.05, 3.63) is 0 Å². The van der Waals surface area contributed by atoms with Crippen molar-refractivity contribution in [3.8, 4) is 0 Å². The standard InChI is InChI=1S/C10H23N3O/c1-9-6-11-10(8-14)7-13(9)5-4-12(2)3/h9-11,14H,4-8H2,1-3H3. The number of piperazine rings is 1. The zero-order chi connectivity index (χ0) is 10.6. The molecular formula is C10H23N3O. The lowest BCUT2D eigenvalue weighted by atomic mass is 10.1. The van der Waals surface area contributed by atoms with E-state index in [0.29, 0.717) is 6.04 Å². The maximum absolute atomic E-state index is 9.07. The number of rotatable bonds is 4. The number of nitrogens with zero attached hydrogens (tertiary/aromatic N) is 2. The van der Waals surface area contributed by atoms with E-state index in [2.05, 4.69) is 36.1 Å². The average Bonchev–Trinajstić information content (AvgIpc) is 2.16. The molecule has 14 heavy (non-hydrogen) atoms. The van der Waals surface area contributed by atoms with Crippen molar-refractivity contribution in [2.45, 2.75) is 19.0 Å². The molecule has 0 spiro atoms. The van der Waals surface area contributed by atoms with Gasteiger partial charge in [0, 0.05) is 38.3 Å². The zero-order valence-electron chi connectivity index (χ0n) is 9.53. The van der Waals surface area contributed by atoms with Crippen LogP contribution in [0.3, 0.4) is 0 Å². The molecule has 1 heterocycles. The smallest absolute Gasteiger partial charge is 0.0597 e. The molecule has 0 aliphatic carbocycles. The van der Waals surface area contributed by atoms with E-state index >= 15 is 0 Å². The molecule has 0 radical (unpaired) electrons. The monoisotopic (exact) mass is 201 g/mol. The number of aliphatic hydroxyl groups excluding tert-OH is 1. The predicted octanol–water partition coefficient (Wildman–Crippen LogP) is -0.797. The molecule has 0 aromatic carbocycles. The summed E-state index contributed by atoms with van der Waals surface area (Å²) >= 11 is 0. The molecule has 2 N–H and O–H groups in total. The molecule has 4 heteroatoms. The van der Waals surface area contributed by atoms with Gasteiger partial charge in [-0.3, -0.25) is 4.90 Å². The van der Waals surface area contributed by atoms with Gasteiger partial charge in [0.2, 0.25) is 0 Å². The summed E-state index contributed by atoms with van der Waals surface area (Å²) in [5.74, 6) is 0.